The fraction of sp³-hybridized carbons (Fsp3) is 1.00. The van der Waals surface area contributed by atoms with Crippen molar-refractivity contribution < 1.29 is 18.9 Å². The monoisotopic (exact) mass is 472 g/mol. The predicted octanol–water partition coefficient (Wildman–Crippen LogP) is 8.36. The first kappa shape index (κ1) is 32.8. The lowest BCUT2D eigenvalue weighted by Crippen LogP contribution is -2.26. The van der Waals surface area contributed by atoms with E-state index in [2.05, 4.69) is 20.8 Å². The number of hydrogen-bond donors (Lipinski definition) is 0. The van der Waals surface area contributed by atoms with Gasteiger partial charge in [-0.2, -0.15) is 0 Å². The summed E-state index contributed by atoms with van der Waals surface area (Å²) in [6.45, 7) is 13.5. The largest absolute Gasteiger partial charge is 0.379 e. The summed E-state index contributed by atoms with van der Waals surface area (Å²) < 4.78 is 22.5. The Kier molecular flexibility index (Phi) is 24.8. The average Bonchev–Trinajstić information content (AvgIpc) is 2.80. The van der Waals surface area contributed by atoms with Gasteiger partial charge in [0.05, 0.1) is 38.1 Å². The van der Waals surface area contributed by atoms with Crippen LogP contribution in [0.1, 0.15) is 131 Å². The van der Waals surface area contributed by atoms with E-state index >= 15 is 0 Å². The summed E-state index contributed by atoms with van der Waals surface area (Å²) in [6.07, 6.45) is 21.3. The highest BCUT2D eigenvalue weighted by Crippen LogP contribution is 2.14. The summed E-state index contributed by atoms with van der Waals surface area (Å²) in [5.41, 5.74) is 0. The molecule has 0 bridgehead atoms. The van der Waals surface area contributed by atoms with E-state index in [1.165, 1.54) is 89.9 Å². The van der Waals surface area contributed by atoms with Crippen molar-refractivity contribution in [2.24, 2.45) is 5.92 Å². The molecule has 0 radical (unpaired) electrons. The molecule has 0 aliphatic rings. The van der Waals surface area contributed by atoms with Crippen LogP contribution in [0.3, 0.4) is 0 Å². The summed E-state index contributed by atoms with van der Waals surface area (Å²) in [6, 6.07) is 0. The van der Waals surface area contributed by atoms with Gasteiger partial charge in [-0.15, -0.1) is 0 Å². The molecule has 0 saturated heterocycles. The second-order valence-corrected chi connectivity index (χ2v) is 10.5. The molecule has 0 spiro atoms. The van der Waals surface area contributed by atoms with Crippen molar-refractivity contribution in [3.8, 4) is 0 Å². The zero-order valence-corrected chi connectivity index (χ0v) is 23.4. The zero-order valence-electron chi connectivity index (χ0n) is 23.4. The molecule has 200 valence electrons. The van der Waals surface area contributed by atoms with Crippen LogP contribution in [0.2, 0.25) is 0 Å². The lowest BCUT2D eigenvalue weighted by molar-refractivity contribution is -0.0746. The molecule has 0 rings (SSSR count). The second-order valence-electron chi connectivity index (χ2n) is 10.5. The molecule has 4 nitrogen and oxygen atoms in total. The van der Waals surface area contributed by atoms with Gasteiger partial charge in [-0.3, -0.25) is 0 Å². The topological polar surface area (TPSA) is 36.9 Å². The Morgan fingerprint density at radius 2 is 0.848 bits per heavy atom. The molecule has 3 atom stereocenters. The Hall–Kier alpha value is -0.160. The summed E-state index contributed by atoms with van der Waals surface area (Å²) >= 11 is 0. The SMILES string of the molecule is COC(C)COC(C)COC(C)COCCCCCCCCCCCCCCCCC(C)C. The number of rotatable bonds is 26. The molecule has 0 heterocycles. The molecule has 33 heavy (non-hydrogen) atoms. The van der Waals surface area contributed by atoms with Gasteiger partial charge in [0.15, 0.2) is 0 Å². The van der Waals surface area contributed by atoms with E-state index in [1.54, 1.807) is 7.11 Å². The molecule has 0 aromatic heterocycles. The van der Waals surface area contributed by atoms with Crippen LogP contribution in [-0.2, 0) is 18.9 Å². The first-order valence-electron chi connectivity index (χ1n) is 14.3. The van der Waals surface area contributed by atoms with Gasteiger partial charge in [0.1, 0.15) is 0 Å². The molecule has 0 N–H and O–H groups in total. The van der Waals surface area contributed by atoms with E-state index in [9.17, 15) is 0 Å². The lowest BCUT2D eigenvalue weighted by Gasteiger charge is -2.19. The van der Waals surface area contributed by atoms with Gasteiger partial charge in [0.2, 0.25) is 0 Å². The van der Waals surface area contributed by atoms with Crippen LogP contribution >= 0.6 is 0 Å². The third-order valence-electron chi connectivity index (χ3n) is 6.31. The van der Waals surface area contributed by atoms with Gasteiger partial charge < -0.3 is 18.9 Å². The molecule has 4 heteroatoms. The molecular weight excluding hydrogens is 412 g/mol. The maximum Gasteiger partial charge on any atom is 0.0781 e. The zero-order chi connectivity index (χ0) is 24.6. The quantitative estimate of drug-likeness (QED) is 0.118. The van der Waals surface area contributed by atoms with E-state index in [0.717, 1.165) is 18.9 Å². The van der Waals surface area contributed by atoms with Crippen molar-refractivity contribution >= 4 is 0 Å². The van der Waals surface area contributed by atoms with Gasteiger partial charge in [-0.05, 0) is 33.1 Å². The van der Waals surface area contributed by atoms with E-state index in [-0.39, 0.29) is 18.3 Å². The summed E-state index contributed by atoms with van der Waals surface area (Å²) in [5.74, 6) is 0.878. The lowest BCUT2D eigenvalue weighted by atomic mass is 10.0. The number of ether oxygens (including phenoxy) is 4. The van der Waals surface area contributed by atoms with E-state index in [0.29, 0.717) is 19.8 Å². The van der Waals surface area contributed by atoms with Gasteiger partial charge in [0.25, 0.3) is 0 Å². The predicted molar refractivity (Wildman–Crippen MR) is 142 cm³/mol. The first-order chi connectivity index (χ1) is 16.0. The summed E-state index contributed by atoms with van der Waals surface area (Å²) in [5, 5.41) is 0. The molecule has 0 aliphatic heterocycles. The van der Waals surface area contributed by atoms with Gasteiger partial charge in [0, 0.05) is 13.7 Å². The third-order valence-corrected chi connectivity index (χ3v) is 6.31. The molecule has 0 fully saturated rings. The van der Waals surface area contributed by atoms with Gasteiger partial charge in [-0.1, -0.05) is 104 Å². The highest BCUT2D eigenvalue weighted by Gasteiger charge is 2.09. The molecule has 0 aromatic rings. The normalized spacial score (nSPS) is 14.6. The maximum absolute atomic E-state index is 5.82. The highest BCUT2D eigenvalue weighted by atomic mass is 16.6. The standard InChI is InChI=1S/C29H60O4/c1-26(2)21-19-17-15-13-11-9-7-8-10-12-14-16-18-20-22-31-23-28(4)33-25-29(5)32-24-27(3)30-6/h26-29H,7-25H2,1-6H3. The van der Waals surface area contributed by atoms with Gasteiger partial charge in [-0.25, -0.2) is 0 Å². The van der Waals surface area contributed by atoms with Crippen LogP contribution in [0.25, 0.3) is 0 Å². The summed E-state index contributed by atoms with van der Waals surface area (Å²) in [7, 11) is 1.70. The Morgan fingerprint density at radius 1 is 0.455 bits per heavy atom. The number of methoxy groups -OCH3 is 1. The third kappa shape index (κ3) is 26.3. The van der Waals surface area contributed by atoms with Crippen molar-refractivity contribution in [1.82, 2.24) is 0 Å². The Balaban J connectivity index is 3.23. The smallest absolute Gasteiger partial charge is 0.0781 e. The average molecular weight is 473 g/mol. The first-order valence-corrected chi connectivity index (χ1v) is 14.3. The fourth-order valence-electron chi connectivity index (χ4n) is 3.89. The molecule has 0 aliphatic carbocycles. The van der Waals surface area contributed by atoms with Crippen molar-refractivity contribution in [2.45, 2.75) is 149 Å². The minimum atomic E-state index is 0.0782. The van der Waals surface area contributed by atoms with Crippen LogP contribution in [0.15, 0.2) is 0 Å². The van der Waals surface area contributed by atoms with Crippen molar-refractivity contribution in [3.05, 3.63) is 0 Å². The maximum atomic E-state index is 5.82. The second kappa shape index (κ2) is 24.9. The molecule has 3 unspecified atom stereocenters. The number of unbranched alkanes of at least 4 members (excludes halogenated alkanes) is 13. The van der Waals surface area contributed by atoms with Crippen LogP contribution in [0, 0.1) is 5.92 Å². The van der Waals surface area contributed by atoms with E-state index in [1.807, 2.05) is 13.8 Å². The minimum Gasteiger partial charge on any atom is -0.379 e. The van der Waals surface area contributed by atoms with Crippen molar-refractivity contribution in [1.29, 1.82) is 0 Å². The van der Waals surface area contributed by atoms with Gasteiger partial charge >= 0.3 is 0 Å². The van der Waals surface area contributed by atoms with Crippen molar-refractivity contribution in [3.63, 3.8) is 0 Å². The van der Waals surface area contributed by atoms with Crippen LogP contribution in [-0.4, -0.2) is 51.8 Å². The molecule has 0 saturated carbocycles. The van der Waals surface area contributed by atoms with Crippen molar-refractivity contribution in [2.75, 3.05) is 33.5 Å². The fourth-order valence-corrected chi connectivity index (χ4v) is 3.89. The number of hydrogen-bond acceptors (Lipinski definition) is 4. The molecule has 0 amide bonds. The molecular formula is C29H60O4. The highest BCUT2D eigenvalue weighted by molar-refractivity contribution is 4.55. The van der Waals surface area contributed by atoms with E-state index < -0.39 is 0 Å². The minimum absolute atomic E-state index is 0.0782. The Morgan fingerprint density at radius 3 is 1.30 bits per heavy atom. The van der Waals surface area contributed by atoms with E-state index in [4.69, 9.17) is 18.9 Å². The Bertz CT molecular complexity index is 375. The Labute approximate surface area is 207 Å². The summed E-state index contributed by atoms with van der Waals surface area (Å²) in [4.78, 5) is 0. The van der Waals surface area contributed by atoms with Crippen LogP contribution in [0.5, 0.6) is 0 Å². The molecule has 0 aromatic carbocycles. The van der Waals surface area contributed by atoms with Crippen LogP contribution < -0.4 is 0 Å². The van der Waals surface area contributed by atoms with Crippen LogP contribution in [0.4, 0.5) is 0 Å².